The molecule has 2 N–H and O–H groups in total. The first-order chi connectivity index (χ1) is 13.2. The zero-order valence-corrected chi connectivity index (χ0v) is 16.4. The maximum Gasteiger partial charge on any atom is 0.243 e. The lowest BCUT2D eigenvalue weighted by Crippen LogP contribution is -2.26. The van der Waals surface area contributed by atoms with Crippen LogP contribution in [0.4, 0.5) is 17.1 Å². The lowest BCUT2D eigenvalue weighted by Gasteiger charge is -2.25. The summed E-state index contributed by atoms with van der Waals surface area (Å²) in [7, 11) is 1.56. The number of ether oxygens (including phenoxy) is 1. The minimum Gasteiger partial charge on any atom is -0.495 e. The fourth-order valence-corrected chi connectivity index (χ4v) is 3.53. The molecule has 1 saturated heterocycles. The number of rotatable bonds is 6. The van der Waals surface area contributed by atoms with Gasteiger partial charge in [0.2, 0.25) is 5.91 Å². The summed E-state index contributed by atoms with van der Waals surface area (Å²) in [6.07, 6.45) is 5.00. The van der Waals surface area contributed by atoms with Crippen LogP contribution >= 0.6 is 11.6 Å². The van der Waals surface area contributed by atoms with Gasteiger partial charge in [0.25, 0.3) is 0 Å². The number of carbonyl (C=O) groups excluding carboxylic acids is 1. The fourth-order valence-electron chi connectivity index (χ4n) is 3.36. The third-order valence-electron chi connectivity index (χ3n) is 4.73. The molecule has 1 fully saturated rings. The molecule has 2 aromatic carbocycles. The number of hydrogen-bond donors (Lipinski definition) is 2. The average molecular weight is 388 g/mol. The van der Waals surface area contributed by atoms with Crippen molar-refractivity contribution in [2.24, 2.45) is 0 Å². The van der Waals surface area contributed by atoms with E-state index < -0.39 is 0 Å². The maximum absolute atomic E-state index is 12.4. The summed E-state index contributed by atoms with van der Waals surface area (Å²) in [4.78, 5) is 14.8. The van der Waals surface area contributed by atoms with E-state index in [4.69, 9.17) is 16.3 Å². The Morgan fingerprint density at radius 1 is 1.07 bits per heavy atom. The van der Waals surface area contributed by atoms with Gasteiger partial charge in [-0.25, -0.2) is 0 Å². The minimum absolute atomic E-state index is 0.152. The normalized spacial score (nSPS) is 14.4. The molecule has 3 rings (SSSR count). The van der Waals surface area contributed by atoms with Crippen molar-refractivity contribution in [3.05, 3.63) is 47.5 Å². The molecule has 27 heavy (non-hydrogen) atoms. The third kappa shape index (κ3) is 5.30. The summed E-state index contributed by atoms with van der Waals surface area (Å²) < 4.78 is 5.27. The van der Waals surface area contributed by atoms with Gasteiger partial charge in [0, 0.05) is 18.1 Å². The number of anilines is 3. The molecule has 0 saturated carbocycles. The molecule has 0 spiro atoms. The topological polar surface area (TPSA) is 53.6 Å². The second-order valence-electron chi connectivity index (χ2n) is 6.66. The minimum atomic E-state index is -0.152. The molecule has 0 radical (unpaired) electrons. The number of nitrogens with zero attached hydrogens (tertiary/aromatic N) is 1. The molecule has 1 heterocycles. The first kappa shape index (κ1) is 19.4. The summed E-state index contributed by atoms with van der Waals surface area (Å²) >= 11 is 6.02. The number of hydrogen-bond acceptors (Lipinski definition) is 4. The van der Waals surface area contributed by atoms with E-state index in [0.29, 0.717) is 16.5 Å². The van der Waals surface area contributed by atoms with Gasteiger partial charge in [-0.3, -0.25) is 4.79 Å². The number of para-hydroxylation sites is 2. The molecule has 6 heteroatoms. The van der Waals surface area contributed by atoms with Crippen molar-refractivity contribution in [2.45, 2.75) is 25.7 Å². The van der Waals surface area contributed by atoms with E-state index in [9.17, 15) is 4.79 Å². The molecular weight excluding hydrogens is 362 g/mol. The van der Waals surface area contributed by atoms with Crippen LogP contribution in [0.3, 0.4) is 0 Å². The Bertz CT molecular complexity index is 774. The van der Waals surface area contributed by atoms with Gasteiger partial charge in [-0.2, -0.15) is 0 Å². The Hall–Kier alpha value is -2.40. The van der Waals surface area contributed by atoms with Crippen molar-refractivity contribution >= 4 is 34.6 Å². The molecule has 5 nitrogen and oxygen atoms in total. The molecule has 0 aliphatic carbocycles. The number of amides is 1. The van der Waals surface area contributed by atoms with Gasteiger partial charge < -0.3 is 20.3 Å². The summed E-state index contributed by atoms with van der Waals surface area (Å²) in [6.45, 7) is 2.29. The molecular formula is C21H26ClN3O2. The second-order valence-corrected chi connectivity index (χ2v) is 7.10. The van der Waals surface area contributed by atoms with E-state index >= 15 is 0 Å². The van der Waals surface area contributed by atoms with E-state index in [1.54, 1.807) is 25.3 Å². The molecule has 144 valence electrons. The average Bonchev–Trinajstić information content (AvgIpc) is 2.96. The first-order valence-corrected chi connectivity index (χ1v) is 9.76. The van der Waals surface area contributed by atoms with Crippen molar-refractivity contribution in [1.82, 2.24) is 0 Å². The summed E-state index contributed by atoms with van der Waals surface area (Å²) in [5, 5.41) is 6.68. The monoisotopic (exact) mass is 387 g/mol. The van der Waals surface area contributed by atoms with Gasteiger partial charge in [-0.05, 0) is 43.2 Å². The van der Waals surface area contributed by atoms with Crippen LogP contribution in [0, 0.1) is 0 Å². The predicted molar refractivity (Wildman–Crippen MR) is 112 cm³/mol. The standard InChI is InChI=1S/C21H26ClN3O2/c1-27-20-11-10-16(22)14-18(20)24-21(26)15-23-17-8-4-5-9-19(17)25-12-6-2-3-7-13-25/h4-5,8-11,14,23H,2-3,6-7,12-13,15H2,1H3,(H,24,26). The van der Waals surface area contributed by atoms with Crippen LogP contribution in [0.1, 0.15) is 25.7 Å². The van der Waals surface area contributed by atoms with E-state index in [-0.39, 0.29) is 12.5 Å². The molecule has 0 bridgehead atoms. The highest BCUT2D eigenvalue weighted by atomic mass is 35.5. The quantitative estimate of drug-likeness (QED) is 0.748. The highest BCUT2D eigenvalue weighted by molar-refractivity contribution is 6.31. The van der Waals surface area contributed by atoms with Gasteiger partial charge in [0.1, 0.15) is 5.75 Å². The number of methoxy groups -OCH3 is 1. The lowest BCUT2D eigenvalue weighted by atomic mass is 10.2. The van der Waals surface area contributed by atoms with Crippen molar-refractivity contribution in [1.29, 1.82) is 0 Å². The van der Waals surface area contributed by atoms with Gasteiger partial charge in [-0.15, -0.1) is 0 Å². The third-order valence-corrected chi connectivity index (χ3v) is 4.96. The van der Waals surface area contributed by atoms with E-state index in [1.807, 2.05) is 18.2 Å². The van der Waals surface area contributed by atoms with Crippen LogP contribution in [-0.2, 0) is 4.79 Å². The van der Waals surface area contributed by atoms with Crippen LogP contribution in [0.25, 0.3) is 0 Å². The highest BCUT2D eigenvalue weighted by Gasteiger charge is 2.14. The molecule has 0 aromatic heterocycles. The van der Waals surface area contributed by atoms with E-state index in [2.05, 4.69) is 21.6 Å². The molecule has 2 aromatic rings. The number of halogens is 1. The zero-order valence-electron chi connectivity index (χ0n) is 15.6. The molecule has 0 unspecified atom stereocenters. The van der Waals surface area contributed by atoms with Crippen molar-refractivity contribution in [3.8, 4) is 5.75 Å². The van der Waals surface area contributed by atoms with Crippen molar-refractivity contribution < 1.29 is 9.53 Å². The first-order valence-electron chi connectivity index (χ1n) is 9.38. The van der Waals surface area contributed by atoms with Gasteiger partial charge in [0.15, 0.2) is 0 Å². The molecule has 1 amide bonds. The van der Waals surface area contributed by atoms with Crippen LogP contribution in [0.2, 0.25) is 5.02 Å². The summed E-state index contributed by atoms with van der Waals surface area (Å²) in [6, 6.07) is 13.3. The fraction of sp³-hybridized carbons (Fsp3) is 0.381. The Kier molecular flexibility index (Phi) is 6.82. The Morgan fingerprint density at radius 2 is 1.81 bits per heavy atom. The molecule has 1 aliphatic rings. The Morgan fingerprint density at radius 3 is 2.56 bits per heavy atom. The van der Waals surface area contributed by atoms with Crippen LogP contribution in [0.5, 0.6) is 5.75 Å². The van der Waals surface area contributed by atoms with E-state index in [1.165, 1.54) is 25.7 Å². The number of benzene rings is 2. The zero-order chi connectivity index (χ0) is 19.1. The van der Waals surface area contributed by atoms with Gasteiger partial charge in [-0.1, -0.05) is 36.6 Å². The summed E-state index contributed by atoms with van der Waals surface area (Å²) in [5.74, 6) is 0.430. The Balaban J connectivity index is 1.65. The van der Waals surface area contributed by atoms with Crippen LogP contribution in [0.15, 0.2) is 42.5 Å². The van der Waals surface area contributed by atoms with Crippen LogP contribution < -0.4 is 20.3 Å². The largest absolute Gasteiger partial charge is 0.495 e. The predicted octanol–water partition coefficient (Wildman–Crippen LogP) is 4.78. The van der Waals surface area contributed by atoms with Gasteiger partial charge >= 0.3 is 0 Å². The van der Waals surface area contributed by atoms with Crippen molar-refractivity contribution in [2.75, 3.05) is 42.3 Å². The number of carbonyl (C=O) groups is 1. The number of nitrogens with one attached hydrogen (secondary N) is 2. The molecule has 1 aliphatic heterocycles. The lowest BCUT2D eigenvalue weighted by molar-refractivity contribution is -0.114. The SMILES string of the molecule is COc1ccc(Cl)cc1NC(=O)CNc1ccccc1N1CCCCCC1. The van der Waals surface area contributed by atoms with E-state index in [0.717, 1.165) is 24.5 Å². The second kappa shape index (κ2) is 9.51. The Labute approximate surface area is 165 Å². The highest BCUT2D eigenvalue weighted by Crippen LogP contribution is 2.29. The summed E-state index contributed by atoms with van der Waals surface area (Å²) in [5.41, 5.74) is 2.71. The molecule has 0 atom stereocenters. The van der Waals surface area contributed by atoms with Gasteiger partial charge in [0.05, 0.1) is 30.7 Å². The maximum atomic E-state index is 12.4. The van der Waals surface area contributed by atoms with Crippen LogP contribution in [-0.4, -0.2) is 32.7 Å². The van der Waals surface area contributed by atoms with Crippen molar-refractivity contribution in [3.63, 3.8) is 0 Å². The smallest absolute Gasteiger partial charge is 0.243 e.